The highest BCUT2D eigenvalue weighted by Gasteiger charge is 2.08. The minimum atomic E-state index is 1.34. The van der Waals surface area contributed by atoms with Gasteiger partial charge in [0.25, 0.3) is 0 Å². The maximum Gasteiger partial charge on any atom is 0.0801 e. The van der Waals surface area contributed by atoms with Crippen molar-refractivity contribution in [2.45, 2.75) is 11.8 Å². The molecule has 0 fully saturated rings. The Labute approximate surface area is 99.9 Å². The van der Waals surface area contributed by atoms with Crippen LogP contribution >= 0.6 is 45.7 Å². The molecule has 2 rings (SSSR count). The van der Waals surface area contributed by atoms with E-state index in [0.29, 0.717) is 0 Å². The molecule has 0 unspecified atom stereocenters. The zero-order valence-corrected chi connectivity index (χ0v) is 11.2. The lowest BCUT2D eigenvalue weighted by Gasteiger charge is -1.95. The van der Waals surface area contributed by atoms with E-state index >= 15 is 0 Å². The molecular weight excluding hydrogens is 311 g/mol. The summed E-state index contributed by atoms with van der Waals surface area (Å²) in [6, 6.07) is 6.68. The number of hydrogen-bond donors (Lipinski definition) is 0. The van der Waals surface area contributed by atoms with Crippen LogP contribution in [0.2, 0.25) is 0 Å². The normalized spacial score (nSPS) is 11.0. The van der Waals surface area contributed by atoms with E-state index in [-0.39, 0.29) is 0 Å². The van der Waals surface area contributed by atoms with Crippen molar-refractivity contribution in [1.29, 1.82) is 0 Å². The highest BCUT2D eigenvalue weighted by atomic mass is 127. The van der Waals surface area contributed by atoms with Crippen molar-refractivity contribution in [3.05, 3.63) is 26.6 Å². The second kappa shape index (κ2) is 3.79. The molecule has 0 atom stereocenters. The van der Waals surface area contributed by atoms with Crippen molar-refractivity contribution >= 4 is 55.8 Å². The highest BCUT2D eigenvalue weighted by molar-refractivity contribution is 14.1. The molecule has 0 amide bonds. The molecule has 0 bridgehead atoms. The van der Waals surface area contributed by atoms with Gasteiger partial charge in [0.15, 0.2) is 0 Å². The fraction of sp³-hybridized carbons (Fsp3) is 0.200. The SMILES string of the molecule is CSc1c(I)sc2ccc(C)cc12. The Bertz CT molecular complexity index is 445. The largest absolute Gasteiger partial charge is 0.128 e. The van der Waals surface area contributed by atoms with Crippen LogP contribution in [-0.2, 0) is 0 Å². The van der Waals surface area contributed by atoms with E-state index in [9.17, 15) is 0 Å². The van der Waals surface area contributed by atoms with Gasteiger partial charge >= 0.3 is 0 Å². The summed E-state index contributed by atoms with van der Waals surface area (Å²) in [7, 11) is 0. The van der Waals surface area contributed by atoms with Crippen molar-refractivity contribution in [3.8, 4) is 0 Å². The van der Waals surface area contributed by atoms with E-state index in [4.69, 9.17) is 0 Å². The van der Waals surface area contributed by atoms with Crippen LogP contribution in [0.5, 0.6) is 0 Å². The van der Waals surface area contributed by atoms with E-state index in [1.165, 1.54) is 23.4 Å². The minimum Gasteiger partial charge on any atom is -0.128 e. The molecule has 1 heterocycles. The average Bonchev–Trinajstić information content (AvgIpc) is 2.40. The summed E-state index contributed by atoms with van der Waals surface area (Å²) >= 11 is 6.14. The number of fused-ring (bicyclic) bond motifs is 1. The van der Waals surface area contributed by atoms with Gasteiger partial charge in [0, 0.05) is 15.0 Å². The molecule has 0 saturated heterocycles. The molecule has 0 N–H and O–H groups in total. The fourth-order valence-corrected chi connectivity index (χ4v) is 4.80. The van der Waals surface area contributed by atoms with Crippen LogP contribution in [-0.4, -0.2) is 6.26 Å². The number of hydrogen-bond acceptors (Lipinski definition) is 2. The molecule has 0 nitrogen and oxygen atoms in total. The number of thiophene rings is 1. The van der Waals surface area contributed by atoms with Crippen molar-refractivity contribution in [3.63, 3.8) is 0 Å². The van der Waals surface area contributed by atoms with Crippen LogP contribution in [0.4, 0.5) is 0 Å². The fourth-order valence-electron chi connectivity index (χ4n) is 1.35. The van der Waals surface area contributed by atoms with Crippen molar-refractivity contribution in [2.24, 2.45) is 0 Å². The highest BCUT2D eigenvalue weighted by Crippen LogP contribution is 2.38. The first-order valence-electron chi connectivity index (χ1n) is 3.95. The second-order valence-corrected chi connectivity index (χ2v) is 6.59. The Morgan fingerprint density at radius 2 is 2.15 bits per heavy atom. The smallest absolute Gasteiger partial charge is 0.0801 e. The van der Waals surface area contributed by atoms with E-state index in [0.717, 1.165) is 0 Å². The Hall–Kier alpha value is 0.260. The monoisotopic (exact) mass is 320 g/mol. The van der Waals surface area contributed by atoms with Crippen LogP contribution in [0, 0.1) is 9.81 Å². The molecule has 1 aromatic heterocycles. The van der Waals surface area contributed by atoms with Crippen LogP contribution in [0.1, 0.15) is 5.56 Å². The molecule has 0 aliphatic carbocycles. The molecule has 0 aliphatic heterocycles. The van der Waals surface area contributed by atoms with Crippen molar-refractivity contribution in [2.75, 3.05) is 6.26 Å². The third-order valence-corrected chi connectivity index (χ3v) is 5.45. The van der Waals surface area contributed by atoms with Gasteiger partial charge in [-0.1, -0.05) is 11.6 Å². The van der Waals surface area contributed by atoms with Gasteiger partial charge in [-0.25, -0.2) is 0 Å². The molecule has 0 aliphatic rings. The maximum absolute atomic E-state index is 2.42. The lowest BCUT2D eigenvalue weighted by molar-refractivity contribution is 1.49. The number of thioether (sulfide) groups is 1. The molecule has 1 aromatic carbocycles. The summed E-state index contributed by atoms with van der Waals surface area (Å²) in [5.41, 5.74) is 1.34. The first kappa shape index (κ1) is 9.80. The van der Waals surface area contributed by atoms with Crippen LogP contribution < -0.4 is 0 Å². The molecule has 0 saturated carbocycles. The van der Waals surface area contributed by atoms with Gasteiger partial charge in [-0.2, -0.15) is 0 Å². The van der Waals surface area contributed by atoms with E-state index in [2.05, 4.69) is 54.0 Å². The zero-order chi connectivity index (χ0) is 9.42. The van der Waals surface area contributed by atoms with Crippen LogP contribution in [0.25, 0.3) is 10.1 Å². The molecule has 13 heavy (non-hydrogen) atoms. The summed E-state index contributed by atoms with van der Waals surface area (Å²) < 4.78 is 2.81. The minimum absolute atomic E-state index is 1.34. The summed E-state index contributed by atoms with van der Waals surface area (Å²) in [4.78, 5) is 1.43. The first-order valence-corrected chi connectivity index (χ1v) is 7.07. The number of rotatable bonds is 1. The molecule has 0 spiro atoms. The average molecular weight is 320 g/mol. The lowest BCUT2D eigenvalue weighted by Crippen LogP contribution is -1.72. The van der Waals surface area contributed by atoms with Gasteiger partial charge in [-0.05, 0) is 47.9 Å². The van der Waals surface area contributed by atoms with E-state index < -0.39 is 0 Å². The Morgan fingerprint density at radius 1 is 1.38 bits per heavy atom. The molecule has 68 valence electrons. The molecular formula is C10H9IS2. The summed E-state index contributed by atoms with van der Waals surface area (Å²) in [5, 5.41) is 1.42. The first-order chi connectivity index (χ1) is 6.22. The quantitative estimate of drug-likeness (QED) is 0.549. The number of aryl methyl sites for hydroxylation is 1. The van der Waals surface area contributed by atoms with E-state index in [1.807, 2.05) is 23.1 Å². The summed E-state index contributed by atoms with van der Waals surface area (Å²) in [6.07, 6.45) is 2.14. The third-order valence-electron chi connectivity index (χ3n) is 1.96. The standard InChI is InChI=1S/C10H9IS2/c1-6-3-4-8-7(5-6)9(12-2)10(11)13-8/h3-5H,1-2H3. The topological polar surface area (TPSA) is 0 Å². The lowest BCUT2D eigenvalue weighted by atomic mass is 10.2. The number of halogens is 1. The van der Waals surface area contributed by atoms with Gasteiger partial charge in [0.05, 0.1) is 2.88 Å². The third kappa shape index (κ3) is 1.74. The second-order valence-electron chi connectivity index (χ2n) is 2.91. The van der Waals surface area contributed by atoms with Crippen molar-refractivity contribution < 1.29 is 0 Å². The predicted molar refractivity (Wildman–Crippen MR) is 71.1 cm³/mol. The van der Waals surface area contributed by atoms with Gasteiger partial charge in [-0.15, -0.1) is 23.1 Å². The van der Waals surface area contributed by atoms with Crippen molar-refractivity contribution in [1.82, 2.24) is 0 Å². The molecule has 2 aromatic rings. The van der Waals surface area contributed by atoms with Gasteiger partial charge in [0.2, 0.25) is 0 Å². The van der Waals surface area contributed by atoms with Gasteiger partial charge in [0.1, 0.15) is 0 Å². The number of benzene rings is 1. The van der Waals surface area contributed by atoms with Gasteiger partial charge in [-0.3, -0.25) is 0 Å². The van der Waals surface area contributed by atoms with Crippen LogP contribution in [0.15, 0.2) is 23.1 Å². The van der Waals surface area contributed by atoms with E-state index in [1.54, 1.807) is 0 Å². The summed E-state index contributed by atoms with van der Waals surface area (Å²) in [5.74, 6) is 0. The molecule has 0 radical (unpaired) electrons. The Morgan fingerprint density at radius 3 is 2.85 bits per heavy atom. The maximum atomic E-state index is 2.42. The van der Waals surface area contributed by atoms with Gasteiger partial charge < -0.3 is 0 Å². The molecule has 3 heteroatoms. The zero-order valence-electron chi connectivity index (χ0n) is 7.43. The summed E-state index contributed by atoms with van der Waals surface area (Å²) in [6.45, 7) is 2.15. The Balaban J connectivity index is 2.80. The Kier molecular flexibility index (Phi) is 2.86. The predicted octanol–water partition coefficient (Wildman–Crippen LogP) is 4.54. The van der Waals surface area contributed by atoms with Crippen LogP contribution in [0.3, 0.4) is 0 Å².